The summed E-state index contributed by atoms with van der Waals surface area (Å²) in [5, 5.41) is 3.48. The summed E-state index contributed by atoms with van der Waals surface area (Å²) in [7, 11) is 0. The van der Waals surface area contributed by atoms with Gasteiger partial charge in [0.05, 0.1) is 17.4 Å². The van der Waals surface area contributed by atoms with Crippen LogP contribution in [0.15, 0.2) is 47.3 Å². The molecule has 7 heteroatoms. The summed E-state index contributed by atoms with van der Waals surface area (Å²) in [6, 6.07) is 13.1. The molecule has 0 aliphatic rings. The van der Waals surface area contributed by atoms with Crippen LogP contribution < -0.4 is 15.8 Å². The standard InChI is InChI=1S/C24H26N4O2S/c1-4-13-28(16-18-6-11-22-21(15-18)24(30)27-17(3)26-22)20-9-7-19(8-10-20)23(29)25-12-14-31-5-2/h1,6-11,15H,5,12-14,16H2,2-3H3,(H,25,29)(H,26,27,30). The van der Waals surface area contributed by atoms with Crippen molar-refractivity contribution in [2.24, 2.45) is 0 Å². The molecule has 0 unspecified atom stereocenters. The minimum absolute atomic E-state index is 0.0803. The molecule has 0 bridgehead atoms. The molecule has 1 amide bonds. The molecule has 0 fully saturated rings. The van der Waals surface area contributed by atoms with Crippen LogP contribution in [0, 0.1) is 19.3 Å². The number of H-pyrrole nitrogens is 1. The van der Waals surface area contributed by atoms with Crippen molar-refractivity contribution in [2.45, 2.75) is 20.4 Å². The smallest absolute Gasteiger partial charge is 0.258 e. The zero-order valence-electron chi connectivity index (χ0n) is 17.8. The fourth-order valence-electron chi connectivity index (χ4n) is 3.28. The average molecular weight is 435 g/mol. The maximum absolute atomic E-state index is 12.3. The summed E-state index contributed by atoms with van der Waals surface area (Å²) in [5.41, 5.74) is 2.99. The number of hydrogen-bond donors (Lipinski definition) is 2. The van der Waals surface area contributed by atoms with Crippen LogP contribution in [0.1, 0.15) is 28.7 Å². The number of benzene rings is 2. The zero-order chi connectivity index (χ0) is 22.2. The van der Waals surface area contributed by atoms with Gasteiger partial charge in [-0.2, -0.15) is 11.8 Å². The lowest BCUT2D eigenvalue weighted by Gasteiger charge is -2.23. The van der Waals surface area contributed by atoms with Gasteiger partial charge in [-0.25, -0.2) is 4.98 Å². The second-order valence-electron chi connectivity index (χ2n) is 7.06. The van der Waals surface area contributed by atoms with Gasteiger partial charge < -0.3 is 15.2 Å². The number of thioether (sulfide) groups is 1. The first-order valence-electron chi connectivity index (χ1n) is 10.2. The van der Waals surface area contributed by atoms with E-state index < -0.39 is 0 Å². The maximum atomic E-state index is 12.3. The Kier molecular flexibility index (Phi) is 7.74. The fraction of sp³-hybridized carbons (Fsp3) is 0.292. The Morgan fingerprint density at radius 3 is 2.74 bits per heavy atom. The number of nitrogens with zero attached hydrogens (tertiary/aromatic N) is 2. The highest BCUT2D eigenvalue weighted by Gasteiger charge is 2.11. The number of carbonyl (C=O) groups excluding carboxylic acids is 1. The molecule has 1 aromatic heterocycles. The van der Waals surface area contributed by atoms with E-state index in [1.807, 2.05) is 35.2 Å². The quantitative estimate of drug-likeness (QED) is 0.399. The number of aromatic amines is 1. The lowest BCUT2D eigenvalue weighted by atomic mass is 10.1. The van der Waals surface area contributed by atoms with Crippen LogP contribution in [-0.4, -0.2) is 40.5 Å². The summed E-state index contributed by atoms with van der Waals surface area (Å²) >= 11 is 1.79. The highest BCUT2D eigenvalue weighted by molar-refractivity contribution is 7.99. The Bertz CT molecular complexity index is 1150. The third kappa shape index (κ3) is 5.89. The van der Waals surface area contributed by atoms with Crippen molar-refractivity contribution in [3.05, 3.63) is 69.8 Å². The largest absolute Gasteiger partial charge is 0.356 e. The van der Waals surface area contributed by atoms with Crippen molar-refractivity contribution in [2.75, 3.05) is 29.5 Å². The molecule has 0 saturated carbocycles. The zero-order valence-corrected chi connectivity index (χ0v) is 18.6. The predicted molar refractivity (Wildman–Crippen MR) is 129 cm³/mol. The molecule has 6 nitrogen and oxygen atoms in total. The van der Waals surface area contributed by atoms with E-state index in [-0.39, 0.29) is 11.5 Å². The van der Waals surface area contributed by atoms with Crippen molar-refractivity contribution >= 4 is 34.3 Å². The van der Waals surface area contributed by atoms with Crippen LogP contribution in [0.3, 0.4) is 0 Å². The number of aryl methyl sites for hydroxylation is 1. The van der Waals surface area contributed by atoms with Gasteiger partial charge in [0.1, 0.15) is 5.82 Å². The van der Waals surface area contributed by atoms with Crippen molar-refractivity contribution < 1.29 is 4.79 Å². The first-order chi connectivity index (χ1) is 15.0. The van der Waals surface area contributed by atoms with Crippen LogP contribution in [0.25, 0.3) is 10.9 Å². The molecular formula is C24H26N4O2S. The molecule has 31 heavy (non-hydrogen) atoms. The first kappa shape index (κ1) is 22.4. The van der Waals surface area contributed by atoms with Gasteiger partial charge in [-0.1, -0.05) is 18.9 Å². The molecule has 3 aromatic rings. The summed E-state index contributed by atoms with van der Waals surface area (Å²) in [6.07, 6.45) is 5.59. The first-order valence-corrected chi connectivity index (χ1v) is 11.3. The van der Waals surface area contributed by atoms with Crippen molar-refractivity contribution in [1.29, 1.82) is 0 Å². The molecule has 0 spiro atoms. The molecule has 160 valence electrons. The maximum Gasteiger partial charge on any atom is 0.258 e. The minimum atomic E-state index is -0.152. The Balaban J connectivity index is 1.75. The summed E-state index contributed by atoms with van der Waals surface area (Å²) < 4.78 is 0. The van der Waals surface area contributed by atoms with Crippen LogP contribution in [0.2, 0.25) is 0 Å². The number of fused-ring (bicyclic) bond motifs is 1. The normalized spacial score (nSPS) is 10.6. The van der Waals surface area contributed by atoms with Crippen LogP contribution in [0.5, 0.6) is 0 Å². The highest BCUT2D eigenvalue weighted by Crippen LogP contribution is 2.19. The summed E-state index contributed by atoms with van der Waals surface area (Å²) in [5.74, 6) is 5.14. The van der Waals surface area contributed by atoms with E-state index >= 15 is 0 Å². The van der Waals surface area contributed by atoms with Gasteiger partial charge in [-0.3, -0.25) is 9.59 Å². The monoisotopic (exact) mass is 434 g/mol. The van der Waals surface area contributed by atoms with E-state index in [1.54, 1.807) is 30.8 Å². The van der Waals surface area contributed by atoms with E-state index in [0.29, 0.717) is 41.9 Å². The molecule has 0 aliphatic heterocycles. The average Bonchev–Trinajstić information content (AvgIpc) is 2.77. The number of amides is 1. The van der Waals surface area contributed by atoms with Gasteiger partial charge in [0.25, 0.3) is 11.5 Å². The van der Waals surface area contributed by atoms with E-state index in [4.69, 9.17) is 6.42 Å². The van der Waals surface area contributed by atoms with Gasteiger partial charge in [-0.15, -0.1) is 6.42 Å². The highest BCUT2D eigenvalue weighted by atomic mass is 32.2. The number of anilines is 1. The molecule has 0 aliphatic carbocycles. The Morgan fingerprint density at radius 1 is 1.26 bits per heavy atom. The van der Waals surface area contributed by atoms with Crippen molar-refractivity contribution in [3.8, 4) is 12.3 Å². The molecule has 2 N–H and O–H groups in total. The number of rotatable bonds is 9. The third-order valence-electron chi connectivity index (χ3n) is 4.77. The molecule has 0 radical (unpaired) electrons. The number of carbonyl (C=O) groups is 1. The van der Waals surface area contributed by atoms with Crippen LogP contribution >= 0.6 is 11.8 Å². The number of hydrogen-bond acceptors (Lipinski definition) is 5. The molecule has 0 saturated heterocycles. The second-order valence-corrected chi connectivity index (χ2v) is 8.46. The van der Waals surface area contributed by atoms with Crippen LogP contribution in [0.4, 0.5) is 5.69 Å². The van der Waals surface area contributed by atoms with E-state index in [0.717, 1.165) is 22.8 Å². The van der Waals surface area contributed by atoms with E-state index in [2.05, 4.69) is 28.1 Å². The predicted octanol–water partition coefficient (Wildman–Crippen LogP) is 3.35. The number of terminal acetylenes is 1. The Hall–Kier alpha value is -3.24. The van der Waals surface area contributed by atoms with Gasteiger partial charge in [0, 0.05) is 30.1 Å². The minimum Gasteiger partial charge on any atom is -0.356 e. The molecule has 3 rings (SSSR count). The molecule has 0 atom stereocenters. The van der Waals surface area contributed by atoms with Gasteiger partial charge >= 0.3 is 0 Å². The topological polar surface area (TPSA) is 78.1 Å². The van der Waals surface area contributed by atoms with Gasteiger partial charge in [0.2, 0.25) is 0 Å². The summed E-state index contributed by atoms with van der Waals surface area (Å²) in [4.78, 5) is 33.7. The summed E-state index contributed by atoms with van der Waals surface area (Å²) in [6.45, 7) is 5.45. The molecule has 2 aromatic carbocycles. The third-order valence-corrected chi connectivity index (χ3v) is 5.68. The van der Waals surface area contributed by atoms with Crippen LogP contribution in [-0.2, 0) is 6.54 Å². The van der Waals surface area contributed by atoms with Gasteiger partial charge in [0.15, 0.2) is 0 Å². The Morgan fingerprint density at radius 2 is 2.03 bits per heavy atom. The van der Waals surface area contributed by atoms with Gasteiger partial charge in [-0.05, 0) is 54.6 Å². The lowest BCUT2D eigenvalue weighted by molar-refractivity contribution is 0.0956. The van der Waals surface area contributed by atoms with E-state index in [1.165, 1.54) is 0 Å². The fourth-order valence-corrected chi connectivity index (χ4v) is 3.81. The molecular weight excluding hydrogens is 408 g/mol. The number of aromatic nitrogens is 2. The lowest BCUT2D eigenvalue weighted by Crippen LogP contribution is -2.26. The SMILES string of the molecule is C#CCN(Cc1ccc2nc(C)[nH]c(=O)c2c1)c1ccc(C(=O)NCCSCC)cc1. The van der Waals surface area contributed by atoms with Crippen molar-refractivity contribution in [3.63, 3.8) is 0 Å². The van der Waals surface area contributed by atoms with E-state index in [9.17, 15) is 9.59 Å². The molecule has 1 heterocycles. The van der Waals surface area contributed by atoms with Crippen molar-refractivity contribution in [1.82, 2.24) is 15.3 Å². The number of nitrogens with one attached hydrogen (secondary N) is 2. The second kappa shape index (κ2) is 10.7. The Labute approximate surface area is 186 Å².